The second-order valence-corrected chi connectivity index (χ2v) is 5.69. The lowest BCUT2D eigenvalue weighted by atomic mass is 9.89. The second-order valence-electron chi connectivity index (χ2n) is 5.69. The highest BCUT2D eigenvalue weighted by atomic mass is 15.1. The van der Waals surface area contributed by atoms with Crippen LogP contribution in [0, 0.1) is 0 Å². The first-order valence-electron chi connectivity index (χ1n) is 6.83. The van der Waals surface area contributed by atoms with Gasteiger partial charge in [-0.25, -0.2) is 0 Å². The molecule has 0 spiro atoms. The quantitative estimate of drug-likeness (QED) is 0.865. The molecule has 2 aliphatic rings. The molecule has 1 aromatic rings. The third-order valence-electron chi connectivity index (χ3n) is 4.57. The van der Waals surface area contributed by atoms with Crippen LogP contribution in [0.2, 0.25) is 0 Å². The van der Waals surface area contributed by atoms with Gasteiger partial charge in [0.05, 0.1) is 0 Å². The minimum Gasteiger partial charge on any atom is -0.372 e. The maximum absolute atomic E-state index is 6.11. The van der Waals surface area contributed by atoms with Crippen LogP contribution < -0.4 is 10.6 Å². The number of nitrogens with two attached hydrogens (primary N) is 1. The number of nitrogens with zero attached hydrogens (tertiary/aromatic N) is 1. The average molecular weight is 230 g/mol. The van der Waals surface area contributed by atoms with Crippen molar-refractivity contribution in [3.63, 3.8) is 0 Å². The summed E-state index contributed by atoms with van der Waals surface area (Å²) in [4.78, 5) is 2.48. The molecule has 2 heteroatoms. The van der Waals surface area contributed by atoms with E-state index in [1.165, 1.54) is 50.0 Å². The predicted octanol–water partition coefficient (Wildman–Crippen LogP) is 2.67. The van der Waals surface area contributed by atoms with Gasteiger partial charge in [-0.2, -0.15) is 0 Å². The fraction of sp³-hybridized carbons (Fsp3) is 0.600. The molecule has 1 atom stereocenters. The molecule has 1 saturated carbocycles. The number of anilines is 1. The lowest BCUT2D eigenvalue weighted by Crippen LogP contribution is -2.31. The summed E-state index contributed by atoms with van der Waals surface area (Å²) in [5.41, 5.74) is 9.23. The molecule has 0 radical (unpaired) electrons. The molecule has 2 fully saturated rings. The van der Waals surface area contributed by atoms with Crippen molar-refractivity contribution >= 4 is 5.69 Å². The normalized spacial score (nSPS) is 23.8. The van der Waals surface area contributed by atoms with Crippen LogP contribution in [-0.4, -0.2) is 19.1 Å². The van der Waals surface area contributed by atoms with E-state index in [2.05, 4.69) is 36.1 Å². The van der Waals surface area contributed by atoms with E-state index in [-0.39, 0.29) is 6.04 Å². The average Bonchev–Trinajstić information content (AvgIpc) is 2.98. The minimum atomic E-state index is 0.278. The van der Waals surface area contributed by atoms with Gasteiger partial charge in [0, 0.05) is 30.2 Å². The lowest BCUT2D eigenvalue weighted by molar-refractivity contribution is 0.556. The molecular formula is C15H22N2. The maximum atomic E-state index is 6.11. The summed E-state index contributed by atoms with van der Waals surface area (Å²) >= 11 is 0. The Labute approximate surface area is 104 Å². The molecule has 1 aliphatic heterocycles. The van der Waals surface area contributed by atoms with Crippen molar-refractivity contribution in [2.45, 2.75) is 44.1 Å². The SMILES string of the molecule is CC(N)C1(c2ccc(N3CCCC3)cc2)CC1. The van der Waals surface area contributed by atoms with Crippen LogP contribution in [0.5, 0.6) is 0 Å². The molecule has 0 aromatic heterocycles. The molecule has 1 aromatic carbocycles. The zero-order chi connectivity index (χ0) is 11.9. The second kappa shape index (κ2) is 4.02. The summed E-state index contributed by atoms with van der Waals surface area (Å²) in [5, 5.41) is 0. The van der Waals surface area contributed by atoms with Gasteiger partial charge in [-0.3, -0.25) is 0 Å². The number of hydrogen-bond acceptors (Lipinski definition) is 2. The fourth-order valence-electron chi connectivity index (χ4n) is 3.12. The third-order valence-corrected chi connectivity index (χ3v) is 4.57. The van der Waals surface area contributed by atoms with Crippen molar-refractivity contribution in [2.75, 3.05) is 18.0 Å². The van der Waals surface area contributed by atoms with Crippen LogP contribution in [0.3, 0.4) is 0 Å². The summed E-state index contributed by atoms with van der Waals surface area (Å²) in [6.07, 6.45) is 5.19. The van der Waals surface area contributed by atoms with Gasteiger partial charge in [0.25, 0.3) is 0 Å². The standard InChI is InChI=1S/C15H22N2/c1-12(16)15(8-9-15)13-4-6-14(7-5-13)17-10-2-3-11-17/h4-7,12H,2-3,8-11,16H2,1H3. The van der Waals surface area contributed by atoms with Crippen molar-refractivity contribution in [1.29, 1.82) is 0 Å². The Hall–Kier alpha value is -1.02. The zero-order valence-corrected chi connectivity index (χ0v) is 10.7. The summed E-state index contributed by atoms with van der Waals surface area (Å²) in [5.74, 6) is 0. The Morgan fingerprint density at radius 2 is 1.71 bits per heavy atom. The van der Waals surface area contributed by atoms with Crippen molar-refractivity contribution in [2.24, 2.45) is 5.73 Å². The van der Waals surface area contributed by atoms with E-state index in [0.717, 1.165) is 0 Å². The number of hydrogen-bond donors (Lipinski definition) is 1. The highest BCUT2D eigenvalue weighted by molar-refractivity contribution is 5.50. The molecule has 2 nitrogen and oxygen atoms in total. The first-order valence-corrected chi connectivity index (χ1v) is 6.83. The first kappa shape index (κ1) is 11.1. The van der Waals surface area contributed by atoms with E-state index in [4.69, 9.17) is 5.73 Å². The van der Waals surface area contributed by atoms with Crippen LogP contribution in [0.15, 0.2) is 24.3 Å². The Kier molecular flexibility index (Phi) is 2.62. The Morgan fingerprint density at radius 3 is 2.18 bits per heavy atom. The van der Waals surface area contributed by atoms with Gasteiger partial charge >= 0.3 is 0 Å². The van der Waals surface area contributed by atoms with Gasteiger partial charge in [0.1, 0.15) is 0 Å². The molecule has 0 amide bonds. The Bertz CT molecular complexity index is 384. The summed E-state index contributed by atoms with van der Waals surface area (Å²) in [6, 6.07) is 9.43. The van der Waals surface area contributed by atoms with Crippen LogP contribution in [0.1, 0.15) is 38.2 Å². The molecule has 17 heavy (non-hydrogen) atoms. The summed E-state index contributed by atoms with van der Waals surface area (Å²) in [7, 11) is 0. The van der Waals surface area contributed by atoms with Crippen molar-refractivity contribution < 1.29 is 0 Å². The minimum absolute atomic E-state index is 0.278. The van der Waals surface area contributed by atoms with Gasteiger partial charge in [0.15, 0.2) is 0 Å². The van der Waals surface area contributed by atoms with Crippen LogP contribution in [0.4, 0.5) is 5.69 Å². The highest BCUT2D eigenvalue weighted by Crippen LogP contribution is 2.50. The van der Waals surface area contributed by atoms with Crippen LogP contribution in [0.25, 0.3) is 0 Å². The van der Waals surface area contributed by atoms with Crippen molar-refractivity contribution in [1.82, 2.24) is 0 Å². The molecule has 2 N–H and O–H groups in total. The summed E-state index contributed by atoms with van der Waals surface area (Å²) < 4.78 is 0. The van der Waals surface area contributed by atoms with E-state index < -0.39 is 0 Å². The van der Waals surface area contributed by atoms with Gasteiger partial charge in [-0.05, 0) is 50.3 Å². The number of benzene rings is 1. The van der Waals surface area contributed by atoms with E-state index in [1.807, 2.05) is 0 Å². The van der Waals surface area contributed by atoms with Gasteiger partial charge in [-0.1, -0.05) is 12.1 Å². The van der Waals surface area contributed by atoms with Crippen molar-refractivity contribution in [3.05, 3.63) is 29.8 Å². The fourth-order valence-corrected chi connectivity index (χ4v) is 3.12. The molecular weight excluding hydrogens is 208 g/mol. The van der Waals surface area contributed by atoms with Gasteiger partial charge in [-0.15, -0.1) is 0 Å². The smallest absolute Gasteiger partial charge is 0.0366 e. The molecule has 0 bridgehead atoms. The Balaban J connectivity index is 1.80. The van der Waals surface area contributed by atoms with Crippen LogP contribution in [-0.2, 0) is 5.41 Å². The van der Waals surface area contributed by atoms with Crippen molar-refractivity contribution in [3.8, 4) is 0 Å². The van der Waals surface area contributed by atoms with E-state index >= 15 is 0 Å². The molecule has 92 valence electrons. The van der Waals surface area contributed by atoms with Crippen LogP contribution >= 0.6 is 0 Å². The monoisotopic (exact) mass is 230 g/mol. The zero-order valence-electron chi connectivity index (χ0n) is 10.7. The molecule has 1 heterocycles. The maximum Gasteiger partial charge on any atom is 0.0366 e. The van der Waals surface area contributed by atoms with E-state index in [9.17, 15) is 0 Å². The predicted molar refractivity (Wildman–Crippen MR) is 72.5 cm³/mol. The van der Waals surface area contributed by atoms with E-state index in [1.54, 1.807) is 0 Å². The lowest BCUT2D eigenvalue weighted by Gasteiger charge is -2.22. The number of rotatable bonds is 3. The van der Waals surface area contributed by atoms with Gasteiger partial charge in [0.2, 0.25) is 0 Å². The van der Waals surface area contributed by atoms with E-state index in [0.29, 0.717) is 5.41 Å². The van der Waals surface area contributed by atoms with Gasteiger partial charge < -0.3 is 10.6 Å². The summed E-state index contributed by atoms with van der Waals surface area (Å²) in [6.45, 7) is 4.58. The highest BCUT2D eigenvalue weighted by Gasteiger charge is 2.47. The molecule has 3 rings (SSSR count). The largest absolute Gasteiger partial charge is 0.372 e. The Morgan fingerprint density at radius 1 is 1.12 bits per heavy atom. The first-order chi connectivity index (χ1) is 8.22. The molecule has 1 aliphatic carbocycles. The molecule has 1 unspecified atom stereocenters. The third kappa shape index (κ3) is 1.85. The molecule has 1 saturated heterocycles. The topological polar surface area (TPSA) is 29.3 Å².